The largest absolute Gasteiger partial charge is 0.332 e. The Morgan fingerprint density at radius 2 is 1.90 bits per heavy atom. The van der Waals surface area contributed by atoms with Gasteiger partial charge >= 0.3 is 0 Å². The summed E-state index contributed by atoms with van der Waals surface area (Å²) in [6.07, 6.45) is 1.95. The van der Waals surface area contributed by atoms with Crippen molar-refractivity contribution in [2.24, 2.45) is 0 Å². The van der Waals surface area contributed by atoms with E-state index in [1.165, 1.54) is 16.7 Å². The number of aromatic nitrogens is 2. The van der Waals surface area contributed by atoms with E-state index in [1.54, 1.807) is 0 Å². The van der Waals surface area contributed by atoms with Gasteiger partial charge in [0.05, 0.1) is 0 Å². The summed E-state index contributed by atoms with van der Waals surface area (Å²) in [5.41, 5.74) is 5.00. The van der Waals surface area contributed by atoms with Crippen LogP contribution in [-0.4, -0.2) is 16.5 Å². The predicted molar refractivity (Wildman–Crippen MR) is 80.5 cm³/mol. The molecule has 1 aliphatic rings. The van der Waals surface area contributed by atoms with E-state index in [4.69, 9.17) is 0 Å². The van der Waals surface area contributed by atoms with Gasteiger partial charge in [-0.3, -0.25) is 0 Å². The zero-order valence-corrected chi connectivity index (χ0v) is 12.1. The molecule has 0 fully saturated rings. The van der Waals surface area contributed by atoms with Crippen molar-refractivity contribution in [3.05, 3.63) is 52.8 Å². The minimum Gasteiger partial charge on any atom is -0.332 e. The van der Waals surface area contributed by atoms with Crippen molar-refractivity contribution in [2.75, 3.05) is 11.4 Å². The topological polar surface area (TPSA) is 41.1 Å². The Morgan fingerprint density at radius 1 is 1.20 bits per heavy atom. The van der Waals surface area contributed by atoms with Crippen molar-refractivity contribution in [1.82, 2.24) is 15.3 Å². The Kier molecular flexibility index (Phi) is 3.65. The highest BCUT2D eigenvalue weighted by Crippen LogP contribution is 2.25. The molecule has 1 aromatic carbocycles. The number of rotatable bonds is 4. The predicted octanol–water partition coefficient (Wildman–Crippen LogP) is 2.41. The van der Waals surface area contributed by atoms with Gasteiger partial charge in [-0.2, -0.15) is 0 Å². The van der Waals surface area contributed by atoms with E-state index in [9.17, 15) is 0 Å². The lowest BCUT2D eigenvalue weighted by Crippen LogP contribution is -2.19. The highest BCUT2D eigenvalue weighted by Gasteiger charge is 2.20. The first-order valence-corrected chi connectivity index (χ1v) is 7.13. The lowest BCUT2D eigenvalue weighted by Gasteiger charge is -2.16. The molecular weight excluding hydrogens is 248 g/mol. The number of aryl methyl sites for hydroxylation is 1. The van der Waals surface area contributed by atoms with Crippen molar-refractivity contribution >= 4 is 5.95 Å². The van der Waals surface area contributed by atoms with Crippen molar-refractivity contribution in [3.8, 4) is 0 Å². The van der Waals surface area contributed by atoms with Crippen LogP contribution in [0.5, 0.6) is 0 Å². The fourth-order valence-electron chi connectivity index (χ4n) is 2.54. The van der Waals surface area contributed by atoms with Gasteiger partial charge < -0.3 is 10.2 Å². The average Bonchev–Trinajstić information content (AvgIpc) is 2.90. The van der Waals surface area contributed by atoms with Crippen LogP contribution in [0.1, 0.15) is 29.3 Å². The van der Waals surface area contributed by atoms with E-state index in [1.807, 2.05) is 6.20 Å². The van der Waals surface area contributed by atoms with E-state index in [0.717, 1.165) is 37.8 Å². The Bertz CT molecular complexity index is 584. The molecular formula is C16H20N4. The average molecular weight is 268 g/mol. The van der Waals surface area contributed by atoms with E-state index in [0.29, 0.717) is 0 Å². The van der Waals surface area contributed by atoms with Gasteiger partial charge in [0.1, 0.15) is 0 Å². The van der Waals surface area contributed by atoms with E-state index in [2.05, 4.69) is 58.3 Å². The zero-order chi connectivity index (χ0) is 13.9. The zero-order valence-electron chi connectivity index (χ0n) is 12.1. The number of hydrogen-bond acceptors (Lipinski definition) is 4. The maximum atomic E-state index is 4.67. The Labute approximate surface area is 119 Å². The van der Waals surface area contributed by atoms with Gasteiger partial charge in [0.15, 0.2) is 0 Å². The van der Waals surface area contributed by atoms with Crippen LogP contribution < -0.4 is 10.2 Å². The van der Waals surface area contributed by atoms with Gasteiger partial charge in [0.2, 0.25) is 5.95 Å². The van der Waals surface area contributed by atoms with Crippen LogP contribution in [0.4, 0.5) is 5.95 Å². The maximum Gasteiger partial charge on any atom is 0.226 e. The van der Waals surface area contributed by atoms with Crippen LogP contribution in [0.2, 0.25) is 0 Å². The summed E-state index contributed by atoms with van der Waals surface area (Å²) in [6, 6.07) is 8.55. The normalized spacial score (nSPS) is 13.6. The third-order valence-corrected chi connectivity index (χ3v) is 3.76. The smallest absolute Gasteiger partial charge is 0.226 e. The number of fused-ring (bicyclic) bond motifs is 1. The number of benzene rings is 1. The van der Waals surface area contributed by atoms with Crippen molar-refractivity contribution < 1.29 is 0 Å². The first-order valence-electron chi connectivity index (χ1n) is 7.13. The molecule has 0 atom stereocenters. The second kappa shape index (κ2) is 5.59. The van der Waals surface area contributed by atoms with Gasteiger partial charge in [-0.25, -0.2) is 9.97 Å². The van der Waals surface area contributed by atoms with E-state index < -0.39 is 0 Å². The summed E-state index contributed by atoms with van der Waals surface area (Å²) in [6.45, 7) is 7.77. The lowest BCUT2D eigenvalue weighted by atomic mass is 10.1. The molecule has 1 aromatic heterocycles. The molecule has 0 unspecified atom stereocenters. The minimum atomic E-state index is 0.832. The third kappa shape index (κ3) is 2.51. The summed E-state index contributed by atoms with van der Waals surface area (Å²) < 4.78 is 0. The molecule has 0 saturated carbocycles. The molecule has 0 aliphatic carbocycles. The maximum absolute atomic E-state index is 4.67. The first-order chi connectivity index (χ1) is 9.78. The summed E-state index contributed by atoms with van der Waals surface area (Å²) >= 11 is 0. The molecule has 0 radical (unpaired) electrons. The first kappa shape index (κ1) is 13.1. The molecule has 0 amide bonds. The summed E-state index contributed by atoms with van der Waals surface area (Å²) in [5.74, 6) is 0.832. The van der Waals surface area contributed by atoms with E-state index >= 15 is 0 Å². The van der Waals surface area contributed by atoms with Gasteiger partial charge in [0.25, 0.3) is 0 Å². The minimum absolute atomic E-state index is 0.832. The quantitative estimate of drug-likeness (QED) is 0.924. The van der Waals surface area contributed by atoms with Crippen LogP contribution >= 0.6 is 0 Å². The fourth-order valence-corrected chi connectivity index (χ4v) is 2.54. The summed E-state index contributed by atoms with van der Waals surface area (Å²) in [7, 11) is 0. The van der Waals surface area contributed by atoms with Gasteiger partial charge in [-0.15, -0.1) is 0 Å². The fraction of sp³-hybridized carbons (Fsp3) is 0.375. The molecule has 4 nitrogen and oxygen atoms in total. The molecule has 1 N–H and O–H groups in total. The number of nitrogens with zero attached hydrogens (tertiary/aromatic N) is 3. The molecule has 0 saturated heterocycles. The van der Waals surface area contributed by atoms with Crippen LogP contribution in [0.3, 0.4) is 0 Å². The molecule has 4 heteroatoms. The highest BCUT2D eigenvalue weighted by atomic mass is 15.3. The Hall–Kier alpha value is -1.94. The molecule has 2 heterocycles. The van der Waals surface area contributed by atoms with Crippen LogP contribution in [0, 0.1) is 6.92 Å². The molecule has 104 valence electrons. The SMILES string of the molecule is CCNCc1cnc(N2Cc3ccccc3C2)nc1C. The van der Waals surface area contributed by atoms with Gasteiger partial charge in [0, 0.05) is 37.1 Å². The van der Waals surface area contributed by atoms with Gasteiger partial charge in [-0.05, 0) is 24.6 Å². The van der Waals surface area contributed by atoms with Crippen molar-refractivity contribution in [1.29, 1.82) is 0 Å². The van der Waals surface area contributed by atoms with Crippen molar-refractivity contribution in [3.63, 3.8) is 0 Å². The van der Waals surface area contributed by atoms with Crippen molar-refractivity contribution in [2.45, 2.75) is 33.5 Å². The highest BCUT2D eigenvalue weighted by molar-refractivity contribution is 5.43. The van der Waals surface area contributed by atoms with Gasteiger partial charge in [-0.1, -0.05) is 31.2 Å². The lowest BCUT2D eigenvalue weighted by molar-refractivity contribution is 0.712. The monoisotopic (exact) mass is 268 g/mol. The summed E-state index contributed by atoms with van der Waals surface area (Å²) in [5, 5.41) is 3.31. The molecule has 3 rings (SSSR count). The second-order valence-corrected chi connectivity index (χ2v) is 5.19. The Morgan fingerprint density at radius 3 is 2.50 bits per heavy atom. The van der Waals surface area contributed by atoms with E-state index in [-0.39, 0.29) is 0 Å². The summed E-state index contributed by atoms with van der Waals surface area (Å²) in [4.78, 5) is 11.4. The van der Waals surface area contributed by atoms with Crippen LogP contribution in [0.15, 0.2) is 30.5 Å². The number of hydrogen-bond donors (Lipinski definition) is 1. The molecule has 0 bridgehead atoms. The second-order valence-electron chi connectivity index (χ2n) is 5.19. The third-order valence-electron chi connectivity index (χ3n) is 3.76. The van der Waals surface area contributed by atoms with Crippen LogP contribution in [-0.2, 0) is 19.6 Å². The molecule has 1 aliphatic heterocycles. The molecule has 0 spiro atoms. The number of nitrogens with one attached hydrogen (secondary N) is 1. The molecule has 2 aromatic rings. The Balaban J connectivity index is 1.78. The van der Waals surface area contributed by atoms with Crippen LogP contribution in [0.25, 0.3) is 0 Å². The standard InChI is InChI=1S/C16H20N4/c1-3-17-8-15-9-18-16(19-12(15)2)20-10-13-6-4-5-7-14(13)11-20/h4-7,9,17H,3,8,10-11H2,1-2H3. The molecule has 20 heavy (non-hydrogen) atoms. The number of anilines is 1.